The van der Waals surface area contributed by atoms with Crippen LogP contribution >= 0.6 is 46.1 Å². The first-order chi connectivity index (χ1) is 16.8. The normalized spacial score (nSPS) is 16.3. The van der Waals surface area contributed by atoms with E-state index in [0.717, 1.165) is 28.2 Å². The molecule has 1 aromatic heterocycles. The molecule has 35 heavy (non-hydrogen) atoms. The summed E-state index contributed by atoms with van der Waals surface area (Å²) in [6.07, 6.45) is -0.239. The van der Waals surface area contributed by atoms with Crippen LogP contribution in [0.3, 0.4) is 0 Å². The molecule has 0 aliphatic carbocycles. The lowest BCUT2D eigenvalue weighted by Gasteiger charge is -2.35. The quantitative estimate of drug-likeness (QED) is 0.314. The minimum Gasteiger partial charge on any atom is -0.497 e. The second-order valence-electron chi connectivity index (χ2n) is 8.10. The minimum atomic E-state index is -3.69. The van der Waals surface area contributed by atoms with Crippen molar-refractivity contribution < 1.29 is 17.9 Å². The van der Waals surface area contributed by atoms with Crippen LogP contribution in [-0.2, 0) is 21.4 Å². The molecule has 1 aliphatic heterocycles. The molecule has 0 N–H and O–H groups in total. The number of halogens is 3. The van der Waals surface area contributed by atoms with Gasteiger partial charge in [-0.1, -0.05) is 59.1 Å². The number of piperazine rings is 1. The summed E-state index contributed by atoms with van der Waals surface area (Å²) < 4.78 is 39.8. The maximum absolute atomic E-state index is 13.1. The Balaban J connectivity index is 1.45. The highest BCUT2D eigenvalue weighted by atomic mass is 35.5. The molecular weight excluding hydrogens is 551 g/mol. The van der Waals surface area contributed by atoms with Gasteiger partial charge in [-0.3, -0.25) is 4.90 Å². The van der Waals surface area contributed by atoms with Crippen LogP contribution in [-0.4, -0.2) is 57.5 Å². The van der Waals surface area contributed by atoms with E-state index < -0.39 is 10.0 Å². The molecule has 0 bridgehead atoms. The van der Waals surface area contributed by atoms with Gasteiger partial charge in [-0.05, 0) is 41.5 Å². The second-order valence-corrected chi connectivity index (χ2v) is 12.7. The molecule has 0 radical (unpaired) electrons. The summed E-state index contributed by atoms with van der Waals surface area (Å²) in [5.74, 6) is 0.751. The van der Waals surface area contributed by atoms with E-state index in [-0.39, 0.29) is 15.3 Å². The Morgan fingerprint density at radius 2 is 1.74 bits per heavy atom. The number of nitrogens with zero attached hydrogens (tertiary/aromatic N) is 2. The molecule has 2 aromatic carbocycles. The molecule has 6 nitrogen and oxygen atoms in total. The summed E-state index contributed by atoms with van der Waals surface area (Å²) in [5.41, 5.74) is 1.97. The molecule has 1 aliphatic rings. The van der Waals surface area contributed by atoms with Crippen molar-refractivity contribution in [2.45, 2.75) is 17.6 Å². The van der Waals surface area contributed by atoms with E-state index in [1.807, 2.05) is 48.5 Å². The van der Waals surface area contributed by atoms with Gasteiger partial charge < -0.3 is 9.47 Å². The summed E-state index contributed by atoms with van der Waals surface area (Å²) in [5, 5.41) is 0.661. The van der Waals surface area contributed by atoms with Crippen LogP contribution in [0, 0.1) is 0 Å². The predicted molar refractivity (Wildman–Crippen MR) is 142 cm³/mol. The average Bonchev–Trinajstić information content (AvgIpc) is 3.20. The van der Waals surface area contributed by atoms with E-state index in [9.17, 15) is 8.42 Å². The molecule has 1 saturated heterocycles. The lowest BCUT2D eigenvalue weighted by Crippen LogP contribution is -2.49. The van der Waals surface area contributed by atoms with Crippen molar-refractivity contribution in [3.8, 4) is 5.75 Å². The number of thiophene rings is 1. The Hall–Kier alpha value is -1.36. The van der Waals surface area contributed by atoms with Crippen LogP contribution in [0.25, 0.3) is 0 Å². The molecule has 11 heteroatoms. The molecule has 0 spiro atoms. The number of ether oxygens (including phenoxy) is 2. The summed E-state index contributed by atoms with van der Waals surface area (Å²) in [4.78, 5) is 2.28. The first-order valence-corrected chi connectivity index (χ1v) is 14.3. The van der Waals surface area contributed by atoms with Crippen LogP contribution in [0.1, 0.15) is 17.2 Å². The fourth-order valence-corrected chi connectivity index (χ4v) is 7.69. The van der Waals surface area contributed by atoms with Crippen LogP contribution in [0.2, 0.25) is 13.7 Å². The maximum atomic E-state index is 13.1. The molecule has 0 saturated carbocycles. The molecular formula is C24H25Cl3N2O4S2. The lowest BCUT2D eigenvalue weighted by molar-refractivity contribution is 0.00763. The van der Waals surface area contributed by atoms with E-state index in [4.69, 9.17) is 44.3 Å². The highest BCUT2D eigenvalue weighted by molar-refractivity contribution is 7.89. The number of methoxy groups -OCH3 is 1. The Kier molecular flexibility index (Phi) is 8.99. The van der Waals surface area contributed by atoms with Gasteiger partial charge in [0.05, 0.1) is 24.2 Å². The van der Waals surface area contributed by atoms with E-state index >= 15 is 0 Å². The van der Waals surface area contributed by atoms with Crippen molar-refractivity contribution in [3.63, 3.8) is 0 Å². The first kappa shape index (κ1) is 26.7. The average molecular weight is 576 g/mol. The van der Waals surface area contributed by atoms with Crippen molar-refractivity contribution in [2.75, 3.05) is 39.8 Å². The Labute approximate surface area is 225 Å². The number of benzene rings is 2. The van der Waals surface area contributed by atoms with Gasteiger partial charge in [-0.2, -0.15) is 4.31 Å². The summed E-state index contributed by atoms with van der Waals surface area (Å²) in [6, 6.07) is 16.8. The van der Waals surface area contributed by atoms with E-state index in [1.54, 1.807) is 7.11 Å². The van der Waals surface area contributed by atoms with Crippen molar-refractivity contribution >= 4 is 56.2 Å². The SMILES string of the molecule is COc1cccc(C(CN2CCN(S(=O)(=O)c3cc(Cl)sc3Cl)CC2)OCc2cccc(Cl)c2)c1. The summed E-state index contributed by atoms with van der Waals surface area (Å²) >= 11 is 19.3. The summed E-state index contributed by atoms with van der Waals surface area (Å²) in [7, 11) is -2.06. The van der Waals surface area contributed by atoms with Gasteiger partial charge in [0.2, 0.25) is 10.0 Å². The molecule has 0 amide bonds. The highest BCUT2D eigenvalue weighted by Gasteiger charge is 2.32. The van der Waals surface area contributed by atoms with Crippen LogP contribution in [0.4, 0.5) is 0 Å². The Morgan fingerprint density at radius 3 is 2.40 bits per heavy atom. The molecule has 2 heterocycles. The molecule has 188 valence electrons. The Morgan fingerprint density at radius 1 is 1.00 bits per heavy atom. The number of hydrogen-bond donors (Lipinski definition) is 0. The van der Waals surface area contributed by atoms with Gasteiger partial charge in [-0.15, -0.1) is 11.3 Å². The monoisotopic (exact) mass is 574 g/mol. The summed E-state index contributed by atoms with van der Waals surface area (Å²) in [6.45, 7) is 2.84. The van der Waals surface area contributed by atoms with Crippen molar-refractivity contribution in [1.82, 2.24) is 9.21 Å². The maximum Gasteiger partial charge on any atom is 0.245 e. The number of rotatable bonds is 9. The number of hydrogen-bond acceptors (Lipinski definition) is 6. The van der Waals surface area contributed by atoms with Crippen molar-refractivity contribution in [1.29, 1.82) is 0 Å². The fourth-order valence-electron chi connectivity index (χ4n) is 3.95. The van der Waals surface area contributed by atoms with E-state index in [1.165, 1.54) is 10.4 Å². The third-order valence-electron chi connectivity index (χ3n) is 5.80. The molecule has 1 unspecified atom stereocenters. The number of sulfonamides is 1. The smallest absolute Gasteiger partial charge is 0.245 e. The third-order valence-corrected chi connectivity index (χ3v) is 9.69. The zero-order chi connectivity index (χ0) is 25.0. The highest BCUT2D eigenvalue weighted by Crippen LogP contribution is 2.36. The van der Waals surface area contributed by atoms with Gasteiger partial charge in [0, 0.05) is 37.7 Å². The molecule has 4 rings (SSSR count). The third kappa shape index (κ3) is 6.70. The van der Waals surface area contributed by atoms with Crippen LogP contribution in [0.15, 0.2) is 59.5 Å². The van der Waals surface area contributed by atoms with Crippen molar-refractivity contribution in [3.05, 3.63) is 79.4 Å². The molecule has 3 aromatic rings. The van der Waals surface area contributed by atoms with Gasteiger partial charge in [-0.25, -0.2) is 8.42 Å². The van der Waals surface area contributed by atoms with Crippen LogP contribution < -0.4 is 4.74 Å². The standard InChI is InChI=1S/C24H25Cl3N2O4S2/c1-32-20-7-3-5-18(13-20)21(33-16-17-4-2-6-19(25)12-17)15-28-8-10-29(11-9-28)35(30,31)22-14-23(26)34-24(22)27/h2-7,12-14,21H,8-11,15-16H2,1H3. The zero-order valence-corrected chi connectivity index (χ0v) is 22.9. The van der Waals surface area contributed by atoms with Gasteiger partial charge in [0.1, 0.15) is 15.0 Å². The molecule has 1 fully saturated rings. The van der Waals surface area contributed by atoms with E-state index in [0.29, 0.717) is 48.7 Å². The predicted octanol–water partition coefficient (Wildman–Crippen LogP) is 5.98. The lowest BCUT2D eigenvalue weighted by atomic mass is 10.1. The molecule has 1 atom stereocenters. The fraction of sp³-hybridized carbons (Fsp3) is 0.333. The van der Waals surface area contributed by atoms with Crippen LogP contribution in [0.5, 0.6) is 5.75 Å². The van der Waals surface area contributed by atoms with Crippen molar-refractivity contribution in [2.24, 2.45) is 0 Å². The van der Waals surface area contributed by atoms with Gasteiger partial charge in [0.15, 0.2) is 0 Å². The zero-order valence-electron chi connectivity index (χ0n) is 19.0. The largest absolute Gasteiger partial charge is 0.497 e. The van der Waals surface area contributed by atoms with Gasteiger partial charge >= 0.3 is 0 Å². The Bertz CT molecular complexity index is 1260. The topological polar surface area (TPSA) is 59.1 Å². The first-order valence-electron chi connectivity index (χ1n) is 10.9. The van der Waals surface area contributed by atoms with E-state index in [2.05, 4.69) is 4.90 Å². The van der Waals surface area contributed by atoms with Gasteiger partial charge in [0.25, 0.3) is 0 Å². The minimum absolute atomic E-state index is 0.0710. The second kappa shape index (κ2) is 11.8.